The van der Waals surface area contributed by atoms with E-state index in [1.54, 1.807) is 0 Å². The van der Waals surface area contributed by atoms with Crippen molar-refractivity contribution in [2.45, 2.75) is 13.3 Å². The largest absolute Gasteiger partial charge is 2.00 e. The van der Waals surface area contributed by atoms with Crippen LogP contribution in [0.1, 0.15) is 13.3 Å². The second-order valence-electron chi connectivity index (χ2n) is 3.92. The van der Waals surface area contributed by atoms with Crippen molar-refractivity contribution in [3.8, 4) is 0 Å². The first-order valence-electron chi connectivity index (χ1n) is 5.24. The molecule has 10 radical (unpaired) electrons. The van der Waals surface area contributed by atoms with Gasteiger partial charge in [0, 0.05) is 12.3 Å². The molecule has 0 aliphatic heterocycles. The number of ketones is 1. The molecule has 2 saturated carbocycles. The van der Waals surface area contributed by atoms with Crippen LogP contribution in [0.4, 0.5) is 0 Å². The summed E-state index contributed by atoms with van der Waals surface area (Å²) in [7, 11) is 0. The minimum Gasteiger partial charge on any atom is -0.299 e. The molecule has 0 spiro atoms. The van der Waals surface area contributed by atoms with Gasteiger partial charge in [0.05, 0.1) is 0 Å². The van der Waals surface area contributed by atoms with Crippen LogP contribution in [0.15, 0.2) is 0 Å². The second-order valence-corrected chi connectivity index (χ2v) is 3.92. The molecular formula is C14H14FeO+2. The van der Waals surface area contributed by atoms with Crippen LogP contribution in [0.3, 0.4) is 0 Å². The van der Waals surface area contributed by atoms with Crippen LogP contribution in [-0.2, 0) is 21.9 Å². The number of Topliss-reactive ketones (excluding diaryl/α,β-unsaturated/α-hetero) is 1. The van der Waals surface area contributed by atoms with Crippen LogP contribution in [0.2, 0.25) is 0 Å². The molecule has 2 aliphatic rings. The van der Waals surface area contributed by atoms with Crippen LogP contribution in [0.5, 0.6) is 0 Å². The van der Waals surface area contributed by atoms with Crippen molar-refractivity contribution in [2.24, 2.45) is 5.92 Å². The van der Waals surface area contributed by atoms with Crippen molar-refractivity contribution in [2.75, 3.05) is 0 Å². The van der Waals surface area contributed by atoms with E-state index < -0.39 is 0 Å². The van der Waals surface area contributed by atoms with E-state index >= 15 is 0 Å². The zero-order valence-electron chi connectivity index (χ0n) is 9.17. The Morgan fingerprint density at radius 3 is 2.12 bits per heavy atom. The van der Waals surface area contributed by atoms with Crippen molar-refractivity contribution >= 4 is 5.78 Å². The molecule has 0 aromatic heterocycles. The molecule has 2 aliphatic carbocycles. The minimum absolute atomic E-state index is 0. The van der Waals surface area contributed by atoms with Crippen molar-refractivity contribution in [3.63, 3.8) is 0 Å². The third-order valence-electron chi connectivity index (χ3n) is 2.73. The molecule has 82 valence electrons. The molecule has 1 unspecified atom stereocenters. The summed E-state index contributed by atoms with van der Waals surface area (Å²) >= 11 is 0. The maximum absolute atomic E-state index is 11.8. The standard InChI is InChI=1S/C14H14O.Fe/c1-11(12-6-2-3-7-12)10-14(15)13-8-4-5-9-13;/h2-9,11H,10H2,1H3;/q;+2. The number of hydrogen-bond donors (Lipinski definition) is 0. The van der Waals surface area contributed by atoms with Crippen LogP contribution in [-0.4, -0.2) is 5.78 Å². The minimum atomic E-state index is 0. The van der Waals surface area contributed by atoms with Crippen LogP contribution < -0.4 is 0 Å². The molecule has 2 fully saturated rings. The molecule has 16 heavy (non-hydrogen) atoms. The van der Waals surface area contributed by atoms with Gasteiger partial charge < -0.3 is 0 Å². The SMILES string of the molecule is CC(CC(=O)[C]1[CH][CH][CH][CH]1)[C]1[CH][CH][CH][CH]1.[Fe+2]. The summed E-state index contributed by atoms with van der Waals surface area (Å²) in [6.07, 6.45) is 16.3. The first-order valence-corrected chi connectivity index (χ1v) is 5.24. The van der Waals surface area contributed by atoms with Gasteiger partial charge >= 0.3 is 17.1 Å². The van der Waals surface area contributed by atoms with Crippen LogP contribution in [0, 0.1) is 69.1 Å². The normalized spacial score (nSPS) is 24.3. The second kappa shape index (κ2) is 6.81. The average Bonchev–Trinajstić information content (AvgIpc) is 2.91. The monoisotopic (exact) mass is 254 g/mol. The van der Waals surface area contributed by atoms with Gasteiger partial charge in [-0.25, -0.2) is 0 Å². The fraction of sp³-hybridized carbons (Fsp3) is 0.214. The summed E-state index contributed by atoms with van der Waals surface area (Å²) in [6.45, 7) is 2.09. The smallest absolute Gasteiger partial charge is 0.299 e. The average molecular weight is 254 g/mol. The number of rotatable bonds is 4. The van der Waals surface area contributed by atoms with E-state index in [9.17, 15) is 4.79 Å². The van der Waals surface area contributed by atoms with E-state index in [1.807, 2.05) is 38.5 Å². The quantitative estimate of drug-likeness (QED) is 0.704. The Hall–Kier alpha value is 0.189. The molecule has 0 amide bonds. The van der Waals surface area contributed by atoms with E-state index in [2.05, 4.69) is 19.8 Å². The summed E-state index contributed by atoms with van der Waals surface area (Å²) < 4.78 is 0. The van der Waals surface area contributed by atoms with Gasteiger partial charge in [0.1, 0.15) is 5.78 Å². The molecule has 2 rings (SSSR count). The van der Waals surface area contributed by atoms with E-state index in [0.29, 0.717) is 12.3 Å². The predicted molar refractivity (Wildman–Crippen MR) is 59.7 cm³/mol. The summed E-state index contributed by atoms with van der Waals surface area (Å²) in [5, 5.41) is 0. The summed E-state index contributed by atoms with van der Waals surface area (Å²) in [6, 6.07) is 0. The van der Waals surface area contributed by atoms with E-state index in [0.717, 1.165) is 5.92 Å². The van der Waals surface area contributed by atoms with E-state index in [1.165, 1.54) is 5.92 Å². The zero-order chi connectivity index (χ0) is 10.7. The van der Waals surface area contributed by atoms with Gasteiger partial charge in [-0.3, -0.25) is 4.79 Å². The van der Waals surface area contributed by atoms with Crippen molar-refractivity contribution in [1.29, 1.82) is 0 Å². The van der Waals surface area contributed by atoms with Crippen molar-refractivity contribution < 1.29 is 21.9 Å². The summed E-state index contributed by atoms with van der Waals surface area (Å²) in [5.74, 6) is 2.61. The maximum Gasteiger partial charge on any atom is 2.00 e. The maximum atomic E-state index is 11.8. The third kappa shape index (κ3) is 3.60. The Bertz CT molecular complexity index is 215. The van der Waals surface area contributed by atoms with Gasteiger partial charge in [0.2, 0.25) is 0 Å². The van der Waals surface area contributed by atoms with Crippen LogP contribution in [0.25, 0.3) is 0 Å². The molecule has 2 heteroatoms. The molecule has 0 aromatic rings. The summed E-state index contributed by atoms with van der Waals surface area (Å²) in [5.41, 5.74) is 0. The Labute approximate surface area is 110 Å². The zero-order valence-corrected chi connectivity index (χ0v) is 10.3. The summed E-state index contributed by atoms with van der Waals surface area (Å²) in [4.78, 5) is 11.8. The Kier molecular flexibility index (Phi) is 6.07. The molecule has 1 nitrogen and oxygen atoms in total. The number of hydrogen-bond acceptors (Lipinski definition) is 1. The van der Waals surface area contributed by atoms with Gasteiger partial charge in [0.25, 0.3) is 0 Å². The fourth-order valence-electron chi connectivity index (χ4n) is 1.79. The first kappa shape index (κ1) is 14.3. The number of carbonyl (C=O) groups excluding carboxylic acids is 1. The van der Waals surface area contributed by atoms with Crippen molar-refractivity contribution in [1.82, 2.24) is 0 Å². The molecule has 0 aromatic carbocycles. The Morgan fingerprint density at radius 1 is 1.06 bits per heavy atom. The number of carbonyl (C=O) groups is 1. The molecule has 0 N–H and O–H groups in total. The van der Waals surface area contributed by atoms with Gasteiger partial charge in [-0.05, 0) is 63.2 Å². The molecule has 1 atom stereocenters. The molecule has 0 heterocycles. The van der Waals surface area contributed by atoms with Gasteiger partial charge in [-0.15, -0.1) is 0 Å². The molecule has 0 saturated heterocycles. The fourth-order valence-corrected chi connectivity index (χ4v) is 1.79. The van der Waals surface area contributed by atoms with Gasteiger partial charge in [-0.2, -0.15) is 0 Å². The van der Waals surface area contributed by atoms with Crippen LogP contribution >= 0.6 is 0 Å². The molecule has 0 bridgehead atoms. The topological polar surface area (TPSA) is 17.1 Å². The first-order chi connectivity index (χ1) is 7.27. The predicted octanol–water partition coefficient (Wildman–Crippen LogP) is 2.39. The van der Waals surface area contributed by atoms with Gasteiger partial charge in [-0.1, -0.05) is 6.92 Å². The molecular weight excluding hydrogens is 240 g/mol. The Morgan fingerprint density at radius 2 is 1.56 bits per heavy atom. The van der Waals surface area contributed by atoms with E-state index in [4.69, 9.17) is 0 Å². The Balaban J connectivity index is 0.00000128. The third-order valence-corrected chi connectivity index (χ3v) is 2.73. The van der Waals surface area contributed by atoms with E-state index in [-0.39, 0.29) is 22.9 Å². The van der Waals surface area contributed by atoms with Gasteiger partial charge in [0.15, 0.2) is 0 Å². The van der Waals surface area contributed by atoms with Crippen molar-refractivity contribution in [3.05, 3.63) is 63.2 Å².